The van der Waals surface area contributed by atoms with Crippen molar-refractivity contribution in [3.8, 4) is 10.6 Å². The molecule has 3 rings (SSSR count). The van der Waals surface area contributed by atoms with E-state index < -0.39 is 0 Å². The predicted octanol–water partition coefficient (Wildman–Crippen LogP) is 5.69. The minimum Gasteiger partial charge on any atom is -0.360 e. The number of hydrogen-bond acceptors (Lipinski definition) is 4. The lowest BCUT2D eigenvalue weighted by Gasteiger charge is -2.07. The Morgan fingerprint density at radius 2 is 2.09 bits per heavy atom. The molecule has 0 saturated carbocycles. The van der Waals surface area contributed by atoms with E-state index >= 15 is 0 Å². The van der Waals surface area contributed by atoms with Crippen LogP contribution in [-0.2, 0) is 0 Å². The number of nitrogens with one attached hydrogen (secondary N) is 1. The number of rotatable bonds is 3. The van der Waals surface area contributed by atoms with Crippen molar-refractivity contribution in [1.29, 1.82) is 0 Å². The highest BCUT2D eigenvalue weighted by Crippen LogP contribution is 2.34. The summed E-state index contributed by atoms with van der Waals surface area (Å²) in [6.45, 7) is 3.63. The van der Waals surface area contributed by atoms with Crippen molar-refractivity contribution in [3.63, 3.8) is 0 Å². The summed E-state index contributed by atoms with van der Waals surface area (Å²) < 4.78 is 6.18. The van der Waals surface area contributed by atoms with Gasteiger partial charge in [-0.15, -0.1) is 11.3 Å². The second-order valence-electron chi connectivity index (χ2n) is 4.98. The molecule has 0 bridgehead atoms. The Morgan fingerprint density at radius 3 is 2.74 bits per heavy atom. The van der Waals surface area contributed by atoms with Crippen LogP contribution in [0.4, 0.5) is 5.69 Å². The van der Waals surface area contributed by atoms with Crippen LogP contribution in [0.15, 0.2) is 38.6 Å². The van der Waals surface area contributed by atoms with Gasteiger partial charge < -0.3 is 9.84 Å². The fourth-order valence-corrected chi connectivity index (χ4v) is 3.67. The second kappa shape index (κ2) is 6.47. The molecule has 0 aliphatic heterocycles. The molecule has 0 aliphatic carbocycles. The maximum atomic E-state index is 12.6. The van der Waals surface area contributed by atoms with E-state index in [0.29, 0.717) is 27.7 Å². The highest BCUT2D eigenvalue weighted by Gasteiger charge is 2.22. The number of anilines is 1. The fraction of sp³-hybridized carbons (Fsp3) is 0.125. The van der Waals surface area contributed by atoms with Crippen LogP contribution in [0.5, 0.6) is 0 Å². The normalized spacial score (nSPS) is 10.8. The quantitative estimate of drug-likeness (QED) is 0.602. The number of carbonyl (C=O) groups excluding carboxylic acids is 1. The first kappa shape index (κ1) is 16.2. The predicted molar refractivity (Wildman–Crippen MR) is 96.4 cm³/mol. The van der Waals surface area contributed by atoms with Crippen LogP contribution in [0.25, 0.3) is 10.6 Å². The van der Waals surface area contributed by atoms with Gasteiger partial charge in [0.1, 0.15) is 17.0 Å². The molecule has 7 heteroatoms. The van der Waals surface area contributed by atoms with Crippen LogP contribution in [0.2, 0.25) is 5.02 Å². The Labute approximate surface area is 150 Å². The van der Waals surface area contributed by atoms with Gasteiger partial charge in [0.2, 0.25) is 0 Å². The summed E-state index contributed by atoms with van der Waals surface area (Å²) in [5.41, 5.74) is 2.55. The number of aryl methyl sites for hydroxylation is 2. The zero-order valence-electron chi connectivity index (χ0n) is 12.3. The van der Waals surface area contributed by atoms with E-state index in [2.05, 4.69) is 26.4 Å². The first-order valence-corrected chi connectivity index (χ1v) is 8.74. The molecule has 1 N–H and O–H groups in total. The van der Waals surface area contributed by atoms with E-state index in [1.807, 2.05) is 31.2 Å². The first-order valence-electron chi connectivity index (χ1n) is 6.75. The summed E-state index contributed by atoms with van der Waals surface area (Å²) in [7, 11) is 0. The van der Waals surface area contributed by atoms with Gasteiger partial charge in [-0.25, -0.2) is 0 Å². The number of benzene rings is 1. The number of nitrogens with zero attached hydrogens (tertiary/aromatic N) is 1. The number of amides is 1. The molecule has 0 radical (unpaired) electrons. The Kier molecular flexibility index (Phi) is 4.57. The van der Waals surface area contributed by atoms with Crippen LogP contribution >= 0.6 is 38.9 Å². The smallest absolute Gasteiger partial charge is 0.261 e. The monoisotopic (exact) mass is 410 g/mol. The molecular formula is C16H12BrClN2O2S. The molecule has 0 spiro atoms. The summed E-state index contributed by atoms with van der Waals surface area (Å²) in [5, 5.41) is 7.46. The highest BCUT2D eigenvalue weighted by atomic mass is 79.9. The largest absolute Gasteiger partial charge is 0.360 e. The van der Waals surface area contributed by atoms with Crippen molar-refractivity contribution < 1.29 is 9.32 Å². The van der Waals surface area contributed by atoms with Gasteiger partial charge in [-0.1, -0.05) is 22.8 Å². The van der Waals surface area contributed by atoms with Crippen LogP contribution in [0, 0.1) is 13.8 Å². The first-order chi connectivity index (χ1) is 11.0. The SMILES string of the molecule is Cc1ccc(NC(=O)c2c(-c3ccc(Br)s3)noc2C)cc1Cl. The van der Waals surface area contributed by atoms with Crippen molar-refractivity contribution in [2.24, 2.45) is 0 Å². The molecule has 118 valence electrons. The Morgan fingerprint density at radius 1 is 1.30 bits per heavy atom. The summed E-state index contributed by atoms with van der Waals surface area (Å²) >= 11 is 11.0. The van der Waals surface area contributed by atoms with Crippen LogP contribution < -0.4 is 5.32 Å². The lowest BCUT2D eigenvalue weighted by Crippen LogP contribution is -2.13. The summed E-state index contributed by atoms with van der Waals surface area (Å²) in [6.07, 6.45) is 0. The lowest BCUT2D eigenvalue weighted by atomic mass is 10.1. The molecule has 0 aliphatic rings. The third-order valence-electron chi connectivity index (χ3n) is 3.33. The minimum atomic E-state index is -0.275. The van der Waals surface area contributed by atoms with E-state index in [0.717, 1.165) is 14.2 Å². The highest BCUT2D eigenvalue weighted by molar-refractivity contribution is 9.11. The van der Waals surface area contributed by atoms with Gasteiger partial charge in [0.15, 0.2) is 0 Å². The third-order valence-corrected chi connectivity index (χ3v) is 5.36. The van der Waals surface area contributed by atoms with Crippen molar-refractivity contribution in [2.75, 3.05) is 5.32 Å². The van der Waals surface area contributed by atoms with Crippen molar-refractivity contribution in [1.82, 2.24) is 5.16 Å². The summed E-state index contributed by atoms with van der Waals surface area (Å²) in [6, 6.07) is 9.19. The maximum absolute atomic E-state index is 12.6. The maximum Gasteiger partial charge on any atom is 0.261 e. The summed E-state index contributed by atoms with van der Waals surface area (Å²) in [5.74, 6) is 0.198. The molecule has 0 unspecified atom stereocenters. The van der Waals surface area contributed by atoms with E-state index in [1.165, 1.54) is 11.3 Å². The van der Waals surface area contributed by atoms with Crippen molar-refractivity contribution >= 4 is 50.5 Å². The number of hydrogen-bond donors (Lipinski definition) is 1. The lowest BCUT2D eigenvalue weighted by molar-refractivity contribution is 0.102. The summed E-state index contributed by atoms with van der Waals surface area (Å²) in [4.78, 5) is 13.5. The Balaban J connectivity index is 1.93. The molecule has 3 aromatic rings. The zero-order valence-corrected chi connectivity index (χ0v) is 15.5. The van der Waals surface area contributed by atoms with Gasteiger partial charge in [0, 0.05) is 10.7 Å². The Hall–Kier alpha value is -1.63. The Bertz CT molecular complexity index is 888. The topological polar surface area (TPSA) is 55.1 Å². The average molecular weight is 412 g/mol. The van der Waals surface area contributed by atoms with Gasteiger partial charge in [-0.2, -0.15) is 0 Å². The molecule has 23 heavy (non-hydrogen) atoms. The van der Waals surface area contributed by atoms with E-state index in [9.17, 15) is 4.79 Å². The molecule has 1 aromatic carbocycles. The van der Waals surface area contributed by atoms with Gasteiger partial charge in [-0.3, -0.25) is 4.79 Å². The standard InChI is InChI=1S/C16H12BrClN2O2S/c1-8-3-4-10(7-11(8)18)19-16(21)14-9(2)22-20-15(14)12-5-6-13(17)23-12/h3-7H,1-2H3,(H,19,21). The van der Waals surface area contributed by atoms with Crippen LogP contribution in [-0.4, -0.2) is 11.1 Å². The molecule has 0 atom stereocenters. The molecule has 2 heterocycles. The van der Waals surface area contributed by atoms with Gasteiger partial charge in [0.05, 0.1) is 8.66 Å². The number of thiophene rings is 1. The van der Waals surface area contributed by atoms with Gasteiger partial charge in [-0.05, 0) is 59.6 Å². The zero-order chi connectivity index (χ0) is 16.6. The molecule has 1 amide bonds. The molecule has 0 saturated heterocycles. The van der Waals surface area contributed by atoms with Gasteiger partial charge >= 0.3 is 0 Å². The van der Waals surface area contributed by atoms with E-state index in [4.69, 9.17) is 16.1 Å². The van der Waals surface area contributed by atoms with Crippen molar-refractivity contribution in [2.45, 2.75) is 13.8 Å². The van der Waals surface area contributed by atoms with Crippen molar-refractivity contribution in [3.05, 3.63) is 56.0 Å². The van der Waals surface area contributed by atoms with Gasteiger partial charge in [0.25, 0.3) is 5.91 Å². The van der Waals surface area contributed by atoms with Crippen LogP contribution in [0.3, 0.4) is 0 Å². The number of aromatic nitrogens is 1. The minimum absolute atomic E-state index is 0.275. The van der Waals surface area contributed by atoms with E-state index in [-0.39, 0.29) is 5.91 Å². The second-order valence-corrected chi connectivity index (χ2v) is 7.85. The molecule has 2 aromatic heterocycles. The fourth-order valence-electron chi connectivity index (χ4n) is 2.11. The number of carbonyl (C=O) groups is 1. The van der Waals surface area contributed by atoms with E-state index in [1.54, 1.807) is 13.0 Å². The molecule has 0 fully saturated rings. The number of halogens is 2. The van der Waals surface area contributed by atoms with Crippen LogP contribution in [0.1, 0.15) is 21.7 Å². The third kappa shape index (κ3) is 3.34. The average Bonchev–Trinajstić information content (AvgIpc) is 3.08. The molecule has 4 nitrogen and oxygen atoms in total. The molecular weight excluding hydrogens is 400 g/mol.